The van der Waals surface area contributed by atoms with Gasteiger partial charge in [-0.05, 0) is 51.8 Å². The number of aromatic nitrogens is 2. The smallest absolute Gasteiger partial charge is 0.255 e. The second-order valence-corrected chi connectivity index (χ2v) is 13.1. The lowest BCUT2D eigenvalue weighted by atomic mass is 10.0. The average molecular weight is 703 g/mol. The summed E-state index contributed by atoms with van der Waals surface area (Å²) in [6.45, 7) is 9.57. The van der Waals surface area contributed by atoms with Crippen LogP contribution in [-0.4, -0.2) is 101 Å². The van der Waals surface area contributed by atoms with Crippen LogP contribution in [-0.2, 0) is 32.0 Å². The number of benzene rings is 2. The summed E-state index contributed by atoms with van der Waals surface area (Å²) in [6, 6.07) is 13.0. The second-order valence-electron chi connectivity index (χ2n) is 13.1. The van der Waals surface area contributed by atoms with Crippen molar-refractivity contribution >= 4 is 29.5 Å². The number of fused-ring (bicyclic) bond motifs is 1. The van der Waals surface area contributed by atoms with Crippen molar-refractivity contribution in [3.8, 4) is 5.75 Å². The van der Waals surface area contributed by atoms with Crippen LogP contribution in [0.4, 0.5) is 0 Å². The first-order valence-corrected chi connectivity index (χ1v) is 17.5. The lowest BCUT2D eigenvalue weighted by Crippen LogP contribution is -2.56. The van der Waals surface area contributed by atoms with E-state index in [2.05, 4.69) is 69.1 Å². The van der Waals surface area contributed by atoms with Gasteiger partial charge in [-0.15, -0.1) is 0 Å². The molecular formula is C37H50N8O6. The standard InChI is InChI=1S/C37H50N8O6/c1-24(2)45(25(3)4)17-16-40-36(49)31-21-33(46)42-30(20-27-22-38-23-41-27)37(50)44-29(19-26-11-6-5-7-12-26)35(48)39-15-10-18-51-32-14-9-8-13-28(32)34(47)43-31/h5-9,11-14,22-25,29-31H,10,15-21H2,1-4H3,(H,38,41)(H,39,48)(H,40,49)(H,42,46)(H,43,47)(H,44,50)/t29-,30-,31-/m0/s1. The van der Waals surface area contributed by atoms with Gasteiger partial charge in [0.05, 0.1) is 24.9 Å². The summed E-state index contributed by atoms with van der Waals surface area (Å²) in [6.07, 6.45) is 3.20. The SMILES string of the molecule is CC(C)N(CCNC(=O)[C@@H]1CC(=O)N[C@@H](Cc2cnc[nH]2)C(=O)N[C@@H](Cc2ccccc2)C(=O)NCCCOc2ccccc2C(=O)N1)C(C)C. The third-order valence-corrected chi connectivity index (χ3v) is 8.56. The van der Waals surface area contributed by atoms with Gasteiger partial charge in [0.2, 0.25) is 23.6 Å². The molecule has 1 aliphatic rings. The Hall–Kier alpha value is -5.24. The molecule has 0 saturated carbocycles. The van der Waals surface area contributed by atoms with Crippen LogP contribution < -0.4 is 31.3 Å². The number of carbonyl (C=O) groups is 5. The average Bonchev–Trinajstić information content (AvgIpc) is 3.62. The van der Waals surface area contributed by atoms with E-state index in [1.54, 1.807) is 24.3 Å². The maximum absolute atomic E-state index is 13.8. The van der Waals surface area contributed by atoms with Crippen molar-refractivity contribution in [1.82, 2.24) is 41.5 Å². The normalized spacial score (nSPS) is 19.5. The van der Waals surface area contributed by atoms with Crippen molar-refractivity contribution in [2.45, 2.75) is 83.6 Å². The lowest BCUT2D eigenvalue weighted by Gasteiger charge is -2.30. The van der Waals surface area contributed by atoms with E-state index in [1.165, 1.54) is 12.5 Å². The van der Waals surface area contributed by atoms with Gasteiger partial charge in [-0.2, -0.15) is 0 Å². The topological polar surface area (TPSA) is 187 Å². The van der Waals surface area contributed by atoms with Crippen LogP contribution in [0.3, 0.4) is 0 Å². The van der Waals surface area contributed by atoms with Crippen molar-refractivity contribution in [2.24, 2.45) is 0 Å². The molecule has 2 heterocycles. The minimum Gasteiger partial charge on any atom is -0.493 e. The molecule has 1 aromatic heterocycles. The number of nitrogens with zero attached hydrogens (tertiary/aromatic N) is 2. The van der Waals surface area contributed by atoms with E-state index in [9.17, 15) is 24.0 Å². The Morgan fingerprint density at radius 1 is 0.902 bits per heavy atom. The molecule has 0 unspecified atom stereocenters. The highest BCUT2D eigenvalue weighted by molar-refractivity contribution is 6.01. The predicted molar refractivity (Wildman–Crippen MR) is 192 cm³/mol. The van der Waals surface area contributed by atoms with Crippen molar-refractivity contribution in [2.75, 3.05) is 26.2 Å². The summed E-state index contributed by atoms with van der Waals surface area (Å²) in [5, 5.41) is 14.0. The highest BCUT2D eigenvalue weighted by atomic mass is 16.5. The molecule has 51 heavy (non-hydrogen) atoms. The monoisotopic (exact) mass is 702 g/mol. The molecule has 0 aliphatic carbocycles. The van der Waals surface area contributed by atoms with E-state index in [1.807, 2.05) is 30.3 Å². The minimum atomic E-state index is -1.27. The molecule has 3 atom stereocenters. The fourth-order valence-electron chi connectivity index (χ4n) is 5.95. The molecule has 0 spiro atoms. The van der Waals surface area contributed by atoms with E-state index in [-0.39, 0.29) is 43.6 Å². The van der Waals surface area contributed by atoms with E-state index in [0.29, 0.717) is 31.0 Å². The van der Waals surface area contributed by atoms with Crippen LogP contribution in [0.2, 0.25) is 0 Å². The molecule has 0 fully saturated rings. The summed E-state index contributed by atoms with van der Waals surface area (Å²) in [7, 11) is 0. The summed E-state index contributed by atoms with van der Waals surface area (Å²) in [5.41, 5.74) is 1.59. The molecule has 0 saturated heterocycles. The van der Waals surface area contributed by atoms with Crippen molar-refractivity contribution in [3.63, 3.8) is 0 Å². The first-order valence-electron chi connectivity index (χ1n) is 17.5. The van der Waals surface area contributed by atoms with Gasteiger partial charge in [0.15, 0.2) is 0 Å². The van der Waals surface area contributed by atoms with Gasteiger partial charge < -0.3 is 36.3 Å². The van der Waals surface area contributed by atoms with E-state index >= 15 is 0 Å². The Morgan fingerprint density at radius 3 is 2.31 bits per heavy atom. The van der Waals surface area contributed by atoms with Crippen molar-refractivity contribution in [3.05, 3.63) is 83.9 Å². The lowest BCUT2D eigenvalue weighted by molar-refractivity contribution is -0.133. The fraction of sp³-hybridized carbons (Fsp3) is 0.459. The minimum absolute atomic E-state index is 0.0332. The van der Waals surface area contributed by atoms with Gasteiger partial charge in [-0.25, -0.2) is 4.98 Å². The van der Waals surface area contributed by atoms with E-state index in [4.69, 9.17) is 4.74 Å². The van der Waals surface area contributed by atoms with Crippen molar-refractivity contribution in [1.29, 1.82) is 0 Å². The Balaban J connectivity index is 1.62. The number of nitrogens with one attached hydrogen (secondary N) is 6. The summed E-state index contributed by atoms with van der Waals surface area (Å²) < 4.78 is 5.92. The summed E-state index contributed by atoms with van der Waals surface area (Å²) >= 11 is 0. The molecule has 6 N–H and O–H groups in total. The van der Waals surface area contributed by atoms with Gasteiger partial charge in [-0.3, -0.25) is 28.9 Å². The zero-order valence-electron chi connectivity index (χ0n) is 29.7. The number of rotatable bonds is 10. The van der Waals surface area contributed by atoms with Gasteiger partial charge in [0.25, 0.3) is 5.91 Å². The quantitative estimate of drug-likeness (QED) is 0.183. The Labute approximate surface area is 298 Å². The fourth-order valence-corrected chi connectivity index (χ4v) is 5.95. The molecule has 1 aliphatic heterocycles. The maximum atomic E-state index is 13.8. The van der Waals surface area contributed by atoms with E-state index in [0.717, 1.165) is 5.56 Å². The Kier molecular flexibility index (Phi) is 14.5. The largest absolute Gasteiger partial charge is 0.493 e. The Morgan fingerprint density at radius 2 is 1.61 bits per heavy atom. The molecule has 2 aromatic carbocycles. The van der Waals surface area contributed by atoms with Crippen LogP contribution in [0, 0.1) is 0 Å². The summed E-state index contributed by atoms with van der Waals surface area (Å²) in [4.78, 5) is 77.3. The van der Waals surface area contributed by atoms with Gasteiger partial charge in [-0.1, -0.05) is 42.5 Å². The third-order valence-electron chi connectivity index (χ3n) is 8.56. The number of ether oxygens (including phenoxy) is 1. The third kappa shape index (κ3) is 11.9. The predicted octanol–water partition coefficient (Wildman–Crippen LogP) is 1.49. The zero-order chi connectivity index (χ0) is 36.8. The number of amides is 5. The second kappa shape index (κ2) is 19.2. The number of aromatic amines is 1. The molecule has 3 aromatic rings. The van der Waals surface area contributed by atoms with Crippen molar-refractivity contribution < 1.29 is 28.7 Å². The molecular weight excluding hydrogens is 652 g/mol. The molecule has 4 rings (SSSR count). The van der Waals surface area contributed by atoms with Gasteiger partial charge in [0, 0.05) is 56.5 Å². The number of hydrogen-bond donors (Lipinski definition) is 6. The molecule has 0 radical (unpaired) electrons. The van der Waals surface area contributed by atoms with Crippen LogP contribution in [0.25, 0.3) is 0 Å². The van der Waals surface area contributed by atoms with Crippen LogP contribution >= 0.6 is 0 Å². The summed E-state index contributed by atoms with van der Waals surface area (Å²) in [5.74, 6) is -2.51. The Bertz CT molecular complexity index is 1590. The highest BCUT2D eigenvalue weighted by Gasteiger charge is 2.31. The number of para-hydroxylation sites is 1. The number of carbonyl (C=O) groups excluding carboxylic acids is 5. The maximum Gasteiger partial charge on any atom is 0.255 e. The number of hydrogen-bond acceptors (Lipinski definition) is 8. The van der Waals surface area contributed by atoms with E-state index < -0.39 is 54.1 Å². The van der Waals surface area contributed by atoms with Crippen LogP contribution in [0.1, 0.15) is 62.2 Å². The first kappa shape index (κ1) is 38.6. The molecule has 274 valence electrons. The van der Waals surface area contributed by atoms with Crippen LogP contribution in [0.15, 0.2) is 67.1 Å². The number of H-pyrrole nitrogens is 1. The molecule has 0 bridgehead atoms. The first-order chi connectivity index (χ1) is 24.5. The number of imidazole rings is 1. The molecule has 14 heteroatoms. The van der Waals surface area contributed by atoms with Crippen LogP contribution in [0.5, 0.6) is 5.75 Å². The zero-order valence-corrected chi connectivity index (χ0v) is 29.7. The molecule has 14 nitrogen and oxygen atoms in total. The molecule has 5 amide bonds. The highest BCUT2D eigenvalue weighted by Crippen LogP contribution is 2.19. The van der Waals surface area contributed by atoms with Gasteiger partial charge >= 0.3 is 0 Å². The van der Waals surface area contributed by atoms with Gasteiger partial charge in [0.1, 0.15) is 23.9 Å².